The van der Waals surface area contributed by atoms with Crippen molar-refractivity contribution in [3.8, 4) is 0 Å². The Balaban J connectivity index is 1.40. The summed E-state index contributed by atoms with van der Waals surface area (Å²) < 4.78 is 3.12. The van der Waals surface area contributed by atoms with Crippen molar-refractivity contribution < 1.29 is 4.79 Å². The van der Waals surface area contributed by atoms with Gasteiger partial charge in [-0.1, -0.05) is 23.5 Å². The Morgan fingerprint density at radius 1 is 1.32 bits per heavy atom. The van der Waals surface area contributed by atoms with Crippen LogP contribution in [0.15, 0.2) is 24.3 Å². The number of rotatable bonds is 3. The zero-order valence-electron chi connectivity index (χ0n) is 11.7. The van der Waals surface area contributed by atoms with Gasteiger partial charge in [-0.05, 0) is 18.6 Å². The number of amides is 2. The van der Waals surface area contributed by atoms with E-state index in [-0.39, 0.29) is 6.03 Å². The molecule has 7 nitrogen and oxygen atoms in total. The number of carbonyl (C=O) groups excluding carboxylic acids is 1. The molecule has 112 valence electrons. The predicted octanol–water partition coefficient (Wildman–Crippen LogP) is 2.16. The minimum Gasteiger partial charge on any atom is -0.331 e. The molecule has 0 saturated heterocycles. The van der Waals surface area contributed by atoms with Gasteiger partial charge in [-0.15, -0.1) is 10.2 Å². The number of hydrogen-bond acceptors (Lipinski definition) is 5. The number of anilines is 1. The van der Waals surface area contributed by atoms with Crippen LogP contribution in [0.3, 0.4) is 0 Å². The number of carbonyl (C=O) groups is 1. The highest BCUT2D eigenvalue weighted by molar-refractivity contribution is 7.22. The van der Waals surface area contributed by atoms with Gasteiger partial charge in [0.25, 0.3) is 0 Å². The van der Waals surface area contributed by atoms with E-state index in [9.17, 15) is 4.79 Å². The fourth-order valence-electron chi connectivity index (χ4n) is 2.57. The smallest absolute Gasteiger partial charge is 0.321 e. The molecule has 8 heteroatoms. The van der Waals surface area contributed by atoms with E-state index in [2.05, 4.69) is 30.4 Å². The van der Waals surface area contributed by atoms with Crippen molar-refractivity contribution in [2.45, 2.75) is 25.9 Å². The maximum absolute atomic E-state index is 12.0. The summed E-state index contributed by atoms with van der Waals surface area (Å²) in [5.41, 5.74) is 0.887. The number of aromatic nitrogens is 4. The van der Waals surface area contributed by atoms with Gasteiger partial charge in [-0.2, -0.15) is 0 Å². The highest BCUT2D eigenvalue weighted by Crippen LogP contribution is 2.25. The van der Waals surface area contributed by atoms with E-state index in [4.69, 9.17) is 0 Å². The van der Waals surface area contributed by atoms with E-state index in [1.165, 1.54) is 11.3 Å². The normalized spacial score (nSPS) is 13.3. The molecule has 3 aromatic rings. The zero-order chi connectivity index (χ0) is 14.9. The summed E-state index contributed by atoms with van der Waals surface area (Å²) in [4.78, 5) is 16.3. The zero-order valence-corrected chi connectivity index (χ0v) is 12.6. The summed E-state index contributed by atoms with van der Waals surface area (Å²) >= 11 is 1.45. The van der Waals surface area contributed by atoms with Crippen LogP contribution in [0.4, 0.5) is 9.93 Å². The molecule has 4 rings (SSSR count). The van der Waals surface area contributed by atoms with Crippen LogP contribution >= 0.6 is 11.3 Å². The average Bonchev–Trinajstić information content (AvgIpc) is 3.20. The molecule has 0 spiro atoms. The molecule has 2 aromatic heterocycles. The number of nitrogens with zero attached hydrogens (tertiary/aromatic N) is 4. The largest absolute Gasteiger partial charge is 0.331 e. The van der Waals surface area contributed by atoms with Gasteiger partial charge in [0.1, 0.15) is 5.82 Å². The van der Waals surface area contributed by atoms with E-state index >= 15 is 0 Å². The molecular formula is C14H14N6OS. The Morgan fingerprint density at radius 2 is 2.23 bits per heavy atom. The third-order valence-electron chi connectivity index (χ3n) is 3.61. The number of thiazole rings is 1. The molecule has 2 N–H and O–H groups in total. The lowest BCUT2D eigenvalue weighted by Crippen LogP contribution is -2.29. The molecule has 0 atom stereocenters. The maximum atomic E-state index is 12.0. The maximum Gasteiger partial charge on any atom is 0.321 e. The second-order valence-corrected chi connectivity index (χ2v) is 6.11. The van der Waals surface area contributed by atoms with Gasteiger partial charge in [0.05, 0.1) is 16.8 Å². The topological polar surface area (TPSA) is 84.7 Å². The summed E-state index contributed by atoms with van der Waals surface area (Å²) in [5, 5.41) is 14.4. The van der Waals surface area contributed by atoms with Gasteiger partial charge in [-0.3, -0.25) is 5.32 Å². The van der Waals surface area contributed by atoms with Crippen LogP contribution in [0.1, 0.15) is 18.1 Å². The molecule has 0 aliphatic carbocycles. The third-order valence-corrected chi connectivity index (χ3v) is 4.56. The van der Waals surface area contributed by atoms with Crippen LogP contribution < -0.4 is 10.6 Å². The van der Waals surface area contributed by atoms with Crippen LogP contribution in [0.2, 0.25) is 0 Å². The van der Waals surface area contributed by atoms with Gasteiger partial charge < -0.3 is 9.88 Å². The monoisotopic (exact) mass is 314 g/mol. The van der Waals surface area contributed by atoms with Crippen molar-refractivity contribution in [3.63, 3.8) is 0 Å². The van der Waals surface area contributed by atoms with E-state index < -0.39 is 0 Å². The molecule has 22 heavy (non-hydrogen) atoms. The molecule has 2 amide bonds. The van der Waals surface area contributed by atoms with Gasteiger partial charge in [0.2, 0.25) is 0 Å². The summed E-state index contributed by atoms with van der Waals surface area (Å²) in [5.74, 6) is 1.80. The minimum absolute atomic E-state index is 0.283. The Kier molecular flexibility index (Phi) is 3.23. The van der Waals surface area contributed by atoms with Crippen LogP contribution in [-0.2, 0) is 19.5 Å². The fourth-order valence-corrected chi connectivity index (χ4v) is 3.43. The lowest BCUT2D eigenvalue weighted by Gasteiger charge is -2.05. The average molecular weight is 314 g/mol. The molecule has 0 fully saturated rings. The van der Waals surface area contributed by atoms with Crippen molar-refractivity contribution >= 4 is 32.7 Å². The molecule has 0 unspecified atom stereocenters. The standard InChI is InChI=1S/C14H14N6OS/c21-13(15-8-12-19-18-11-6-3-7-20(11)12)17-14-16-9-4-1-2-5-10(9)22-14/h1-2,4-5H,3,6-8H2,(H2,15,16,17,21). The summed E-state index contributed by atoms with van der Waals surface area (Å²) in [6.45, 7) is 1.29. The van der Waals surface area contributed by atoms with E-state index in [1.807, 2.05) is 24.3 Å². The second kappa shape index (κ2) is 5.38. The predicted molar refractivity (Wildman–Crippen MR) is 83.8 cm³/mol. The highest BCUT2D eigenvalue weighted by Gasteiger charge is 2.17. The first-order chi connectivity index (χ1) is 10.8. The molecule has 3 heterocycles. The Morgan fingerprint density at radius 3 is 3.14 bits per heavy atom. The van der Waals surface area contributed by atoms with Crippen LogP contribution in [0, 0.1) is 0 Å². The molecular weight excluding hydrogens is 300 g/mol. The van der Waals surface area contributed by atoms with Crippen LogP contribution in [-0.4, -0.2) is 25.8 Å². The van der Waals surface area contributed by atoms with Crippen molar-refractivity contribution in [3.05, 3.63) is 35.9 Å². The number of fused-ring (bicyclic) bond motifs is 2. The molecule has 0 saturated carbocycles. The van der Waals surface area contributed by atoms with Gasteiger partial charge in [-0.25, -0.2) is 9.78 Å². The summed E-state index contributed by atoms with van der Waals surface area (Å²) in [6, 6.07) is 7.51. The van der Waals surface area contributed by atoms with Crippen molar-refractivity contribution in [1.82, 2.24) is 25.1 Å². The Hall–Kier alpha value is -2.48. The number of benzene rings is 1. The summed E-state index contributed by atoms with van der Waals surface area (Å²) in [7, 11) is 0. The van der Waals surface area contributed by atoms with Crippen LogP contribution in [0.5, 0.6) is 0 Å². The van der Waals surface area contributed by atoms with Crippen molar-refractivity contribution in [2.75, 3.05) is 5.32 Å². The van der Waals surface area contributed by atoms with Crippen molar-refractivity contribution in [1.29, 1.82) is 0 Å². The Labute approximate surface area is 130 Å². The first kappa shape index (κ1) is 13.2. The molecule has 1 aliphatic rings. The highest BCUT2D eigenvalue weighted by atomic mass is 32.1. The first-order valence-electron chi connectivity index (χ1n) is 7.11. The molecule has 1 aromatic carbocycles. The molecule has 0 bridgehead atoms. The van der Waals surface area contributed by atoms with Gasteiger partial charge in [0.15, 0.2) is 11.0 Å². The number of para-hydroxylation sites is 1. The summed E-state index contributed by atoms with van der Waals surface area (Å²) in [6.07, 6.45) is 2.06. The van der Waals surface area contributed by atoms with Gasteiger partial charge in [0, 0.05) is 13.0 Å². The molecule has 1 aliphatic heterocycles. The second-order valence-electron chi connectivity index (χ2n) is 5.08. The Bertz CT molecular complexity index is 806. The van der Waals surface area contributed by atoms with Crippen LogP contribution in [0.25, 0.3) is 10.2 Å². The number of aryl methyl sites for hydroxylation is 1. The first-order valence-corrected chi connectivity index (χ1v) is 7.92. The lowest BCUT2D eigenvalue weighted by atomic mass is 10.3. The third kappa shape index (κ3) is 2.41. The van der Waals surface area contributed by atoms with E-state index in [0.29, 0.717) is 11.7 Å². The van der Waals surface area contributed by atoms with Gasteiger partial charge >= 0.3 is 6.03 Å². The quantitative estimate of drug-likeness (QED) is 0.776. The number of nitrogens with one attached hydrogen (secondary N) is 2. The van der Waals surface area contributed by atoms with E-state index in [1.54, 1.807) is 0 Å². The molecule has 0 radical (unpaired) electrons. The fraction of sp³-hybridized carbons (Fsp3) is 0.286. The lowest BCUT2D eigenvalue weighted by molar-refractivity contribution is 0.251. The number of hydrogen-bond donors (Lipinski definition) is 2. The van der Waals surface area contributed by atoms with Crippen molar-refractivity contribution in [2.24, 2.45) is 0 Å². The SMILES string of the molecule is O=C(NCc1nnc2n1CCC2)Nc1nc2ccccc2s1. The number of urea groups is 1. The van der Waals surface area contributed by atoms with E-state index in [0.717, 1.165) is 41.3 Å². The minimum atomic E-state index is -0.283.